The molecule has 2 aliphatic carbocycles. The lowest BCUT2D eigenvalue weighted by atomic mass is 9.97. The molecule has 0 radical (unpaired) electrons. The molecule has 224 valence electrons. The normalized spacial score (nSPS) is 15.4. The lowest BCUT2D eigenvalue weighted by Gasteiger charge is -2.13. The highest BCUT2D eigenvalue weighted by Gasteiger charge is 2.38. The van der Waals surface area contributed by atoms with Crippen LogP contribution in [0.5, 0.6) is 0 Å². The van der Waals surface area contributed by atoms with Crippen LogP contribution in [0.4, 0.5) is 26.3 Å². The Labute approximate surface area is 257 Å². The second-order valence-corrected chi connectivity index (χ2v) is 10.6. The molecule has 2 aliphatic rings. The fourth-order valence-corrected chi connectivity index (χ4v) is 5.90. The van der Waals surface area contributed by atoms with E-state index in [1.54, 1.807) is 48.7 Å². The molecule has 0 amide bonds. The van der Waals surface area contributed by atoms with Crippen molar-refractivity contribution < 1.29 is 26.3 Å². The number of alkyl halides is 6. The fraction of sp³-hybridized carbons (Fsp3) is 0.0882. The summed E-state index contributed by atoms with van der Waals surface area (Å²) in [5.74, 6) is 0. The lowest BCUT2D eigenvalue weighted by molar-refractivity contribution is -0.138. The van der Waals surface area contributed by atoms with Gasteiger partial charge >= 0.3 is 12.4 Å². The van der Waals surface area contributed by atoms with E-state index in [-0.39, 0.29) is 5.71 Å². The van der Waals surface area contributed by atoms with Gasteiger partial charge in [0.2, 0.25) is 6.19 Å². The zero-order valence-electron chi connectivity index (χ0n) is 23.2. The number of fused-ring (bicyclic) bond motifs is 6. The van der Waals surface area contributed by atoms with E-state index < -0.39 is 29.5 Å². The van der Waals surface area contributed by atoms with E-state index in [1.165, 1.54) is 18.2 Å². The molecule has 12 heteroatoms. The van der Waals surface area contributed by atoms with Gasteiger partial charge in [-0.3, -0.25) is 0 Å². The van der Waals surface area contributed by atoms with Gasteiger partial charge in [-0.05, 0) is 64.2 Å². The molecule has 1 N–H and O–H groups in total. The molecule has 46 heavy (non-hydrogen) atoms. The Morgan fingerprint density at radius 3 is 1.96 bits per heavy atom. The fourth-order valence-electron chi connectivity index (χ4n) is 5.90. The summed E-state index contributed by atoms with van der Waals surface area (Å²) in [6, 6.07) is 19.2. The molecule has 1 atom stereocenters. The number of halogens is 6. The molecule has 0 aliphatic heterocycles. The van der Waals surface area contributed by atoms with Crippen molar-refractivity contribution >= 4 is 5.71 Å². The van der Waals surface area contributed by atoms with E-state index >= 15 is 0 Å². The van der Waals surface area contributed by atoms with Gasteiger partial charge in [0.1, 0.15) is 17.4 Å². The van der Waals surface area contributed by atoms with Crippen molar-refractivity contribution in [3.05, 3.63) is 119 Å². The highest BCUT2D eigenvalue weighted by molar-refractivity contribution is 6.23. The minimum absolute atomic E-state index is 0.205. The first-order valence-corrected chi connectivity index (χ1v) is 13.7. The van der Waals surface area contributed by atoms with Gasteiger partial charge in [0.15, 0.2) is 6.19 Å². The van der Waals surface area contributed by atoms with E-state index in [4.69, 9.17) is 9.97 Å². The summed E-state index contributed by atoms with van der Waals surface area (Å²) >= 11 is 0. The van der Waals surface area contributed by atoms with E-state index in [0.29, 0.717) is 67.3 Å². The smallest absolute Gasteiger partial charge is 0.310 e. The highest BCUT2D eigenvalue weighted by atomic mass is 19.4. The van der Waals surface area contributed by atoms with Crippen molar-refractivity contribution in [2.45, 2.75) is 18.4 Å². The van der Waals surface area contributed by atoms with Gasteiger partial charge in [0.25, 0.3) is 0 Å². The Morgan fingerprint density at radius 2 is 1.28 bits per heavy atom. The monoisotopic (exact) mass is 622 g/mol. The van der Waals surface area contributed by atoms with Crippen LogP contribution in [0.1, 0.15) is 39.7 Å². The van der Waals surface area contributed by atoms with Crippen LogP contribution in [0.2, 0.25) is 0 Å². The number of hydrogen-bond donors (Lipinski definition) is 1. The Kier molecular flexibility index (Phi) is 6.42. The summed E-state index contributed by atoms with van der Waals surface area (Å²) in [6.45, 7) is 0. The standard InChI is InChI=1S/C34H16F6N6/c35-33(36,37)21-8-4-17(5-9-21)19-6-10-23-25(13-19)27(43-15-41)31-29(23)45-32-28(44-16-42)26-14-20(7-11-24(26)30(32)46-31)18-2-1-3-22(12-18)34(38,39)40/h1-14,27,43H/b44-28+. The van der Waals surface area contributed by atoms with Gasteiger partial charge in [-0.2, -0.15) is 41.9 Å². The predicted molar refractivity (Wildman–Crippen MR) is 156 cm³/mol. The van der Waals surface area contributed by atoms with Crippen molar-refractivity contribution in [3.8, 4) is 57.2 Å². The van der Waals surface area contributed by atoms with Crippen molar-refractivity contribution in [3.63, 3.8) is 0 Å². The first-order valence-electron chi connectivity index (χ1n) is 13.7. The minimum atomic E-state index is -4.52. The van der Waals surface area contributed by atoms with Gasteiger partial charge < -0.3 is 5.32 Å². The van der Waals surface area contributed by atoms with Crippen LogP contribution in [0.15, 0.2) is 89.9 Å². The van der Waals surface area contributed by atoms with Gasteiger partial charge in [0.05, 0.1) is 28.2 Å². The molecular weight excluding hydrogens is 606 g/mol. The molecule has 0 spiro atoms. The highest BCUT2D eigenvalue weighted by Crippen LogP contribution is 2.47. The second kappa shape index (κ2) is 10.3. The predicted octanol–water partition coefficient (Wildman–Crippen LogP) is 8.29. The number of aromatic nitrogens is 2. The third-order valence-electron chi connectivity index (χ3n) is 8.01. The topological polar surface area (TPSA) is 97.8 Å². The van der Waals surface area contributed by atoms with E-state index in [1.807, 2.05) is 6.19 Å². The Bertz CT molecular complexity index is 2190. The summed E-state index contributed by atoms with van der Waals surface area (Å²) < 4.78 is 79.4. The molecule has 0 bridgehead atoms. The number of rotatable bonds is 3. The number of nitrogens with one attached hydrogen (secondary N) is 1. The summed E-state index contributed by atoms with van der Waals surface area (Å²) in [5, 5.41) is 21.9. The first kappa shape index (κ1) is 28.7. The average Bonchev–Trinajstić information content (AvgIpc) is 3.50. The largest absolute Gasteiger partial charge is 0.416 e. The number of hydrogen-bond acceptors (Lipinski definition) is 6. The molecule has 1 heterocycles. The molecule has 1 unspecified atom stereocenters. The Balaban J connectivity index is 1.32. The molecule has 4 aromatic carbocycles. The molecule has 0 fully saturated rings. The molecule has 5 aromatic rings. The SMILES string of the molecule is N#C/N=C1\c2cc(-c3cccc(C(F)(F)F)c3)ccc2-c2nc3c(nc21)-c1ccc(-c2ccc(C(F)(F)F)cc2)cc1C3NC#N. The number of nitrogens with zero attached hydrogens (tertiary/aromatic N) is 5. The van der Waals surface area contributed by atoms with E-state index in [0.717, 1.165) is 24.3 Å². The summed E-state index contributed by atoms with van der Waals surface area (Å²) in [6.07, 6.45) is -5.27. The van der Waals surface area contributed by atoms with Crippen LogP contribution in [0.3, 0.4) is 0 Å². The van der Waals surface area contributed by atoms with Crippen LogP contribution in [0.25, 0.3) is 44.8 Å². The van der Waals surface area contributed by atoms with Crippen LogP contribution in [-0.2, 0) is 12.4 Å². The zero-order valence-corrected chi connectivity index (χ0v) is 23.2. The molecular formula is C34H16F6N6. The number of nitriles is 2. The van der Waals surface area contributed by atoms with Crippen molar-refractivity contribution in [2.75, 3.05) is 0 Å². The molecule has 0 saturated heterocycles. The quantitative estimate of drug-likeness (QED) is 0.122. The Hall–Kier alpha value is -6.01. The third-order valence-corrected chi connectivity index (χ3v) is 8.01. The first-order chi connectivity index (χ1) is 22.0. The van der Waals surface area contributed by atoms with Crippen LogP contribution in [0, 0.1) is 22.9 Å². The molecule has 1 aromatic heterocycles. The molecule has 6 nitrogen and oxygen atoms in total. The van der Waals surface area contributed by atoms with Crippen LogP contribution in [-0.4, -0.2) is 15.7 Å². The second-order valence-electron chi connectivity index (χ2n) is 10.6. The van der Waals surface area contributed by atoms with E-state index in [9.17, 15) is 36.9 Å². The summed E-state index contributed by atoms with van der Waals surface area (Å²) in [7, 11) is 0. The average molecular weight is 623 g/mol. The zero-order chi connectivity index (χ0) is 32.4. The maximum atomic E-state index is 13.4. The van der Waals surface area contributed by atoms with Crippen molar-refractivity contribution in [1.82, 2.24) is 15.3 Å². The molecule has 0 saturated carbocycles. The van der Waals surface area contributed by atoms with Crippen LogP contribution >= 0.6 is 0 Å². The molecule has 7 rings (SSSR count). The van der Waals surface area contributed by atoms with Gasteiger partial charge in [-0.15, -0.1) is 0 Å². The van der Waals surface area contributed by atoms with Crippen molar-refractivity contribution in [1.29, 1.82) is 10.5 Å². The van der Waals surface area contributed by atoms with Gasteiger partial charge in [-0.25, -0.2) is 9.97 Å². The number of aliphatic imine (C=N–C) groups is 1. The maximum absolute atomic E-state index is 13.4. The summed E-state index contributed by atoms with van der Waals surface area (Å²) in [4.78, 5) is 13.7. The number of benzene rings is 4. The maximum Gasteiger partial charge on any atom is 0.416 e. The minimum Gasteiger partial charge on any atom is -0.310 e. The Morgan fingerprint density at radius 1 is 0.630 bits per heavy atom. The van der Waals surface area contributed by atoms with Gasteiger partial charge in [0, 0.05) is 16.7 Å². The van der Waals surface area contributed by atoms with Crippen LogP contribution < -0.4 is 5.32 Å². The third kappa shape index (κ3) is 4.63. The van der Waals surface area contributed by atoms with Gasteiger partial charge in [-0.1, -0.05) is 48.5 Å². The lowest BCUT2D eigenvalue weighted by Crippen LogP contribution is -2.16. The summed E-state index contributed by atoms with van der Waals surface area (Å²) in [5.41, 5.74) is 4.43. The van der Waals surface area contributed by atoms with E-state index in [2.05, 4.69) is 10.3 Å². The van der Waals surface area contributed by atoms with Crippen molar-refractivity contribution in [2.24, 2.45) is 4.99 Å².